The van der Waals surface area contributed by atoms with Crippen molar-refractivity contribution in [2.24, 2.45) is 0 Å². The quantitative estimate of drug-likeness (QED) is 0.486. The van der Waals surface area contributed by atoms with Crippen molar-refractivity contribution in [3.63, 3.8) is 0 Å². The summed E-state index contributed by atoms with van der Waals surface area (Å²) in [4.78, 5) is 35.7. The van der Waals surface area contributed by atoms with E-state index in [1.165, 1.54) is 33.4 Å². The maximum absolute atomic E-state index is 12.4. The summed E-state index contributed by atoms with van der Waals surface area (Å²) in [6.07, 6.45) is -0.847. The molecule has 0 heterocycles. The van der Waals surface area contributed by atoms with E-state index in [0.29, 0.717) is 0 Å². The van der Waals surface area contributed by atoms with Gasteiger partial charge < -0.3 is 19.3 Å². The first-order valence-electron chi connectivity index (χ1n) is 8.84. The molecule has 1 amide bonds. The number of carbonyl (C=O) groups excluding carboxylic acids is 1. The predicted octanol–water partition coefficient (Wildman–Crippen LogP) is 2.88. The van der Waals surface area contributed by atoms with Gasteiger partial charge in [0.2, 0.25) is 0 Å². The number of nitro benzene ring substituents is 1. The van der Waals surface area contributed by atoms with Crippen molar-refractivity contribution in [2.75, 3.05) is 21.3 Å². The van der Waals surface area contributed by atoms with Crippen LogP contribution in [0.5, 0.6) is 11.5 Å². The predicted molar refractivity (Wildman–Crippen MR) is 106 cm³/mol. The van der Waals surface area contributed by atoms with Crippen LogP contribution in [-0.4, -0.2) is 54.3 Å². The van der Waals surface area contributed by atoms with E-state index in [2.05, 4.69) is 0 Å². The summed E-state index contributed by atoms with van der Waals surface area (Å²) in [5.74, 6) is -0.810. The largest absolute Gasteiger partial charge is 0.493 e. The zero-order valence-electron chi connectivity index (χ0n) is 16.7. The lowest BCUT2D eigenvalue weighted by atomic mass is 10.1. The number of nitro groups is 1. The minimum absolute atomic E-state index is 0.0781. The molecule has 1 N–H and O–H groups in total. The van der Waals surface area contributed by atoms with Crippen LogP contribution in [0.1, 0.15) is 11.1 Å². The first kappa shape index (κ1) is 22.5. The Hall–Kier alpha value is -3.82. The lowest BCUT2D eigenvalue weighted by Gasteiger charge is -2.24. The molecule has 0 radical (unpaired) electrons. The number of amides is 1. The van der Waals surface area contributed by atoms with E-state index < -0.39 is 29.6 Å². The van der Waals surface area contributed by atoms with Gasteiger partial charge in [-0.25, -0.2) is 9.59 Å². The van der Waals surface area contributed by atoms with Gasteiger partial charge in [0.25, 0.3) is 5.69 Å². The first-order valence-corrected chi connectivity index (χ1v) is 8.84. The fraction of sp³-hybridized carbons (Fsp3) is 0.300. The van der Waals surface area contributed by atoms with Crippen LogP contribution in [0.25, 0.3) is 0 Å². The Morgan fingerprint density at radius 2 is 1.73 bits per heavy atom. The number of methoxy groups -OCH3 is 2. The highest BCUT2D eigenvalue weighted by atomic mass is 16.6. The number of hydrogen-bond donors (Lipinski definition) is 1. The molecule has 0 bridgehead atoms. The van der Waals surface area contributed by atoms with Crippen molar-refractivity contribution >= 4 is 17.7 Å². The minimum atomic E-state index is -1.20. The van der Waals surface area contributed by atoms with E-state index in [0.717, 1.165) is 10.5 Å². The lowest BCUT2D eigenvalue weighted by molar-refractivity contribution is -0.385. The van der Waals surface area contributed by atoms with Gasteiger partial charge in [0, 0.05) is 13.5 Å². The second kappa shape index (κ2) is 10.1. The number of hydrogen-bond acceptors (Lipinski definition) is 7. The summed E-state index contributed by atoms with van der Waals surface area (Å²) in [6.45, 7) is -0.447. The van der Waals surface area contributed by atoms with Crippen molar-refractivity contribution in [3.8, 4) is 11.5 Å². The first-order chi connectivity index (χ1) is 14.3. The summed E-state index contributed by atoms with van der Waals surface area (Å²) < 4.78 is 15.3. The smallest absolute Gasteiger partial charge is 0.410 e. The fourth-order valence-electron chi connectivity index (χ4n) is 2.79. The van der Waals surface area contributed by atoms with Gasteiger partial charge in [0.05, 0.1) is 30.8 Å². The standard InChI is InChI=1S/C20H22N2O8/c1-21(16(19(23)24)9-13-7-5-4-6-8-13)20(25)30-12-14-10-17(28-2)18(29-3)11-15(14)22(26)27/h4-8,10-11,16H,9,12H2,1-3H3,(H,23,24)/t16-/m0/s1. The summed E-state index contributed by atoms with van der Waals surface area (Å²) in [5.41, 5.74) is 0.497. The van der Waals surface area contributed by atoms with Crippen molar-refractivity contribution in [2.45, 2.75) is 19.1 Å². The second-order valence-electron chi connectivity index (χ2n) is 6.30. The van der Waals surface area contributed by atoms with Gasteiger partial charge in [-0.2, -0.15) is 0 Å². The van der Waals surface area contributed by atoms with Crippen LogP contribution in [0.4, 0.5) is 10.5 Å². The Morgan fingerprint density at radius 1 is 1.13 bits per heavy atom. The summed E-state index contributed by atoms with van der Waals surface area (Å²) in [5, 5.41) is 20.9. The number of aliphatic carboxylic acids is 1. The summed E-state index contributed by atoms with van der Waals surface area (Å²) in [7, 11) is 4.01. The molecule has 0 aliphatic carbocycles. The molecule has 0 saturated carbocycles. The Morgan fingerprint density at radius 3 is 2.27 bits per heavy atom. The van der Waals surface area contributed by atoms with E-state index in [9.17, 15) is 24.8 Å². The molecule has 0 spiro atoms. The van der Waals surface area contributed by atoms with E-state index in [1.54, 1.807) is 30.3 Å². The van der Waals surface area contributed by atoms with E-state index in [-0.39, 0.29) is 29.2 Å². The number of benzene rings is 2. The number of rotatable bonds is 9. The SMILES string of the molecule is COc1cc(COC(=O)N(C)[C@@H](Cc2ccccc2)C(=O)O)c([N+](=O)[O-])cc1OC. The molecule has 30 heavy (non-hydrogen) atoms. The van der Waals surface area contributed by atoms with Crippen molar-refractivity contribution in [3.05, 3.63) is 63.7 Å². The van der Waals surface area contributed by atoms with Crippen LogP contribution in [0.15, 0.2) is 42.5 Å². The van der Waals surface area contributed by atoms with Gasteiger partial charge in [-0.15, -0.1) is 0 Å². The molecule has 0 saturated heterocycles. The molecule has 0 unspecified atom stereocenters. The van der Waals surface area contributed by atoms with Crippen LogP contribution in [0.2, 0.25) is 0 Å². The third kappa shape index (κ3) is 5.37. The number of carbonyl (C=O) groups is 2. The molecule has 2 aromatic carbocycles. The number of likely N-dealkylation sites (N-methyl/N-ethyl adjacent to an activating group) is 1. The zero-order chi connectivity index (χ0) is 22.3. The van der Waals surface area contributed by atoms with Gasteiger partial charge in [0.1, 0.15) is 12.6 Å². The van der Waals surface area contributed by atoms with Crippen molar-refractivity contribution in [1.29, 1.82) is 0 Å². The van der Waals surface area contributed by atoms with Crippen LogP contribution in [-0.2, 0) is 22.6 Å². The molecule has 10 heteroatoms. The Labute approximate surface area is 172 Å². The molecule has 2 aromatic rings. The topological polar surface area (TPSA) is 128 Å². The summed E-state index contributed by atoms with van der Waals surface area (Å²) in [6, 6.07) is 10.2. The summed E-state index contributed by atoms with van der Waals surface area (Å²) >= 11 is 0. The number of carboxylic acids is 1. The third-order valence-electron chi connectivity index (χ3n) is 4.45. The third-order valence-corrected chi connectivity index (χ3v) is 4.45. The van der Waals surface area contributed by atoms with Crippen LogP contribution >= 0.6 is 0 Å². The van der Waals surface area contributed by atoms with E-state index >= 15 is 0 Å². The molecular weight excluding hydrogens is 396 g/mol. The molecule has 0 fully saturated rings. The Bertz CT molecular complexity index is 917. The zero-order valence-corrected chi connectivity index (χ0v) is 16.7. The maximum atomic E-state index is 12.4. The molecule has 1 atom stereocenters. The number of ether oxygens (including phenoxy) is 3. The van der Waals surface area contributed by atoms with Crippen LogP contribution < -0.4 is 9.47 Å². The molecular formula is C20H22N2O8. The highest BCUT2D eigenvalue weighted by Gasteiger charge is 2.29. The van der Waals surface area contributed by atoms with Gasteiger partial charge in [-0.1, -0.05) is 30.3 Å². The van der Waals surface area contributed by atoms with Crippen molar-refractivity contribution < 1.29 is 33.8 Å². The second-order valence-corrected chi connectivity index (χ2v) is 6.30. The molecule has 0 aromatic heterocycles. The number of nitrogens with zero attached hydrogens (tertiary/aromatic N) is 2. The normalized spacial score (nSPS) is 11.3. The monoisotopic (exact) mass is 418 g/mol. The molecule has 10 nitrogen and oxygen atoms in total. The van der Waals surface area contributed by atoms with Crippen LogP contribution in [0, 0.1) is 10.1 Å². The molecule has 2 rings (SSSR count). The molecule has 160 valence electrons. The molecule has 0 aliphatic heterocycles. The van der Waals surface area contributed by atoms with Crippen molar-refractivity contribution in [1.82, 2.24) is 4.90 Å². The van der Waals surface area contributed by atoms with Gasteiger partial charge in [-0.3, -0.25) is 15.0 Å². The number of carboxylic acid groups (broad SMARTS) is 1. The molecule has 0 aliphatic rings. The Kier molecular flexibility index (Phi) is 7.56. The van der Waals surface area contributed by atoms with E-state index in [1.807, 2.05) is 0 Å². The van der Waals surface area contributed by atoms with Crippen LogP contribution in [0.3, 0.4) is 0 Å². The average molecular weight is 418 g/mol. The van der Waals surface area contributed by atoms with Gasteiger partial charge in [0.15, 0.2) is 11.5 Å². The van der Waals surface area contributed by atoms with Gasteiger partial charge in [-0.05, 0) is 11.6 Å². The highest BCUT2D eigenvalue weighted by Crippen LogP contribution is 2.34. The fourth-order valence-corrected chi connectivity index (χ4v) is 2.79. The Balaban J connectivity index is 2.16. The average Bonchev–Trinajstić information content (AvgIpc) is 2.74. The van der Waals surface area contributed by atoms with E-state index in [4.69, 9.17) is 14.2 Å². The minimum Gasteiger partial charge on any atom is -0.493 e. The van der Waals surface area contributed by atoms with Gasteiger partial charge >= 0.3 is 12.1 Å². The lowest BCUT2D eigenvalue weighted by Crippen LogP contribution is -2.44. The highest BCUT2D eigenvalue weighted by molar-refractivity contribution is 5.80. The maximum Gasteiger partial charge on any atom is 0.410 e.